The number of nitrogens with one attached hydrogen (secondary N) is 1. The maximum atomic E-state index is 10.3. The van der Waals surface area contributed by atoms with Crippen molar-refractivity contribution in [2.45, 2.75) is 64.0 Å². The van der Waals surface area contributed by atoms with Gasteiger partial charge in [0.25, 0.3) is 0 Å². The van der Waals surface area contributed by atoms with E-state index in [0.29, 0.717) is 19.1 Å². The molecule has 3 atom stereocenters. The molecule has 1 fully saturated rings. The van der Waals surface area contributed by atoms with Crippen LogP contribution in [-0.4, -0.2) is 48.8 Å². The zero-order valence-corrected chi connectivity index (χ0v) is 12.7. The van der Waals surface area contributed by atoms with Gasteiger partial charge in [0, 0.05) is 19.1 Å². The first-order chi connectivity index (χ1) is 8.44. The molecule has 0 aromatic rings. The van der Waals surface area contributed by atoms with E-state index in [1.165, 1.54) is 38.5 Å². The Balaban J connectivity index is 2.32. The average molecular weight is 256 g/mol. The number of rotatable bonds is 8. The van der Waals surface area contributed by atoms with Gasteiger partial charge in [-0.2, -0.15) is 0 Å². The van der Waals surface area contributed by atoms with Crippen LogP contribution in [0.5, 0.6) is 0 Å². The molecule has 0 saturated heterocycles. The van der Waals surface area contributed by atoms with Crippen LogP contribution in [0.15, 0.2) is 0 Å². The van der Waals surface area contributed by atoms with Crippen LogP contribution in [-0.2, 0) is 0 Å². The monoisotopic (exact) mass is 256 g/mol. The van der Waals surface area contributed by atoms with E-state index in [2.05, 4.69) is 12.2 Å². The van der Waals surface area contributed by atoms with Gasteiger partial charge in [-0.3, -0.25) is 0 Å². The lowest BCUT2D eigenvalue weighted by molar-refractivity contribution is 0.0300. The number of aliphatic hydroxyl groups is 1. The molecule has 0 aromatic heterocycles. The molecule has 3 unspecified atom stereocenters. The van der Waals surface area contributed by atoms with Crippen LogP contribution >= 0.6 is 0 Å². The van der Waals surface area contributed by atoms with Crippen LogP contribution in [0.1, 0.15) is 52.4 Å². The van der Waals surface area contributed by atoms with Crippen molar-refractivity contribution in [1.29, 1.82) is 0 Å². The van der Waals surface area contributed by atoms with Gasteiger partial charge in [0.1, 0.15) is 0 Å². The molecule has 0 spiro atoms. The van der Waals surface area contributed by atoms with Crippen LogP contribution in [0.4, 0.5) is 0 Å². The minimum absolute atomic E-state index is 0.624. The number of hydrogen-bond acceptors (Lipinski definition) is 3. The number of likely N-dealkylation sites (N-methyl/N-ethyl adjacent to an activating group) is 1. The summed E-state index contributed by atoms with van der Waals surface area (Å²) >= 11 is 0. The van der Waals surface area contributed by atoms with Crippen molar-refractivity contribution in [3.8, 4) is 0 Å². The molecule has 2 N–H and O–H groups in total. The Morgan fingerprint density at radius 2 is 2.06 bits per heavy atom. The second kappa shape index (κ2) is 7.46. The maximum Gasteiger partial charge on any atom is 0.0869 e. The minimum Gasteiger partial charge on any atom is -0.388 e. The molecule has 0 heterocycles. The number of unbranched alkanes of at least 4 members (excludes halogenated alkanes) is 1. The Morgan fingerprint density at radius 3 is 2.67 bits per heavy atom. The first kappa shape index (κ1) is 15.9. The molecule has 0 amide bonds. The highest BCUT2D eigenvalue weighted by Gasteiger charge is 2.29. The van der Waals surface area contributed by atoms with E-state index in [0.717, 1.165) is 5.92 Å². The van der Waals surface area contributed by atoms with Gasteiger partial charge in [0.05, 0.1) is 5.60 Å². The molecule has 18 heavy (non-hydrogen) atoms. The van der Waals surface area contributed by atoms with Crippen molar-refractivity contribution >= 4 is 0 Å². The molecule has 0 bridgehead atoms. The highest BCUT2D eigenvalue weighted by Crippen LogP contribution is 2.30. The molecule has 3 heteroatoms. The zero-order chi connectivity index (χ0) is 13.6. The third-order valence-electron chi connectivity index (χ3n) is 3.99. The van der Waals surface area contributed by atoms with Crippen LogP contribution in [0.3, 0.4) is 0 Å². The van der Waals surface area contributed by atoms with E-state index in [-0.39, 0.29) is 0 Å². The summed E-state index contributed by atoms with van der Waals surface area (Å²) in [5.41, 5.74) is -0.624. The third-order valence-corrected chi connectivity index (χ3v) is 3.99. The van der Waals surface area contributed by atoms with Gasteiger partial charge in [0.2, 0.25) is 0 Å². The molecule has 0 aliphatic heterocycles. The van der Waals surface area contributed by atoms with Gasteiger partial charge in [0.15, 0.2) is 0 Å². The fraction of sp³-hybridized carbons (Fsp3) is 1.00. The lowest BCUT2D eigenvalue weighted by Gasteiger charge is -2.30. The summed E-state index contributed by atoms with van der Waals surface area (Å²) in [6.07, 6.45) is 7.99. The van der Waals surface area contributed by atoms with E-state index < -0.39 is 5.60 Å². The molecular formula is C15H32N2O. The van der Waals surface area contributed by atoms with Crippen molar-refractivity contribution in [3.05, 3.63) is 0 Å². The Morgan fingerprint density at radius 1 is 1.33 bits per heavy atom. The van der Waals surface area contributed by atoms with Crippen molar-refractivity contribution in [2.75, 3.05) is 27.2 Å². The van der Waals surface area contributed by atoms with Crippen LogP contribution in [0.25, 0.3) is 0 Å². The fourth-order valence-corrected chi connectivity index (χ4v) is 3.21. The van der Waals surface area contributed by atoms with Crippen molar-refractivity contribution in [1.82, 2.24) is 10.2 Å². The molecule has 1 rings (SSSR count). The Kier molecular flexibility index (Phi) is 6.61. The third kappa shape index (κ3) is 5.68. The number of nitrogens with zero attached hydrogens (tertiary/aromatic N) is 1. The summed E-state index contributed by atoms with van der Waals surface area (Å²) in [6, 6.07) is 0.630. The molecule has 0 radical (unpaired) electrons. The second-order valence-electron chi connectivity index (χ2n) is 6.56. The maximum absolute atomic E-state index is 10.3. The van der Waals surface area contributed by atoms with E-state index in [1.807, 2.05) is 25.9 Å². The number of hydrogen-bond donors (Lipinski definition) is 2. The standard InChI is InChI=1S/C15H32N2O/c1-5-6-8-13-9-7-10-14(13)16-11-15(2,18)12-17(3)4/h13-14,16,18H,5-12H2,1-4H3. The second-order valence-corrected chi connectivity index (χ2v) is 6.56. The Bertz CT molecular complexity index is 229. The molecular weight excluding hydrogens is 224 g/mol. The van der Waals surface area contributed by atoms with Crippen molar-refractivity contribution in [2.24, 2.45) is 5.92 Å². The van der Waals surface area contributed by atoms with Crippen LogP contribution in [0, 0.1) is 5.92 Å². The van der Waals surface area contributed by atoms with Gasteiger partial charge in [-0.25, -0.2) is 0 Å². The van der Waals surface area contributed by atoms with Gasteiger partial charge < -0.3 is 15.3 Å². The Hall–Kier alpha value is -0.120. The van der Waals surface area contributed by atoms with Crippen molar-refractivity contribution < 1.29 is 5.11 Å². The summed E-state index contributed by atoms with van der Waals surface area (Å²) in [5, 5.41) is 13.9. The summed E-state index contributed by atoms with van der Waals surface area (Å²) in [6.45, 7) is 5.61. The highest BCUT2D eigenvalue weighted by molar-refractivity contribution is 4.87. The first-order valence-electron chi connectivity index (χ1n) is 7.55. The lowest BCUT2D eigenvalue weighted by atomic mass is 9.96. The Labute approximate surface area is 113 Å². The van der Waals surface area contributed by atoms with E-state index in [9.17, 15) is 5.11 Å². The highest BCUT2D eigenvalue weighted by atomic mass is 16.3. The smallest absolute Gasteiger partial charge is 0.0869 e. The van der Waals surface area contributed by atoms with Gasteiger partial charge in [-0.1, -0.05) is 26.2 Å². The van der Waals surface area contributed by atoms with Gasteiger partial charge in [-0.05, 0) is 46.2 Å². The topological polar surface area (TPSA) is 35.5 Å². The lowest BCUT2D eigenvalue weighted by Crippen LogP contribution is -2.48. The van der Waals surface area contributed by atoms with Crippen LogP contribution < -0.4 is 5.32 Å². The van der Waals surface area contributed by atoms with Gasteiger partial charge >= 0.3 is 0 Å². The molecule has 0 aromatic carbocycles. The van der Waals surface area contributed by atoms with Gasteiger partial charge in [-0.15, -0.1) is 0 Å². The average Bonchev–Trinajstić information content (AvgIpc) is 2.69. The molecule has 1 saturated carbocycles. The predicted octanol–water partition coefficient (Wildman–Crippen LogP) is 2.25. The molecule has 1 aliphatic rings. The zero-order valence-electron chi connectivity index (χ0n) is 12.7. The molecule has 3 nitrogen and oxygen atoms in total. The summed E-state index contributed by atoms with van der Waals surface area (Å²) in [7, 11) is 4.02. The summed E-state index contributed by atoms with van der Waals surface area (Å²) in [5.74, 6) is 0.833. The quantitative estimate of drug-likeness (QED) is 0.699. The predicted molar refractivity (Wildman–Crippen MR) is 77.8 cm³/mol. The SMILES string of the molecule is CCCCC1CCCC1NCC(C)(O)CN(C)C. The summed E-state index contributed by atoms with van der Waals surface area (Å²) < 4.78 is 0. The van der Waals surface area contributed by atoms with E-state index in [4.69, 9.17) is 0 Å². The minimum atomic E-state index is -0.624. The first-order valence-corrected chi connectivity index (χ1v) is 7.55. The van der Waals surface area contributed by atoms with Crippen molar-refractivity contribution in [3.63, 3.8) is 0 Å². The molecule has 108 valence electrons. The van der Waals surface area contributed by atoms with Crippen LogP contribution in [0.2, 0.25) is 0 Å². The largest absolute Gasteiger partial charge is 0.388 e. The normalized spacial score (nSPS) is 27.7. The molecule has 1 aliphatic carbocycles. The fourth-order valence-electron chi connectivity index (χ4n) is 3.21. The van der Waals surface area contributed by atoms with E-state index >= 15 is 0 Å². The summed E-state index contributed by atoms with van der Waals surface area (Å²) in [4.78, 5) is 2.05. The van der Waals surface area contributed by atoms with E-state index in [1.54, 1.807) is 0 Å².